The number of rotatable bonds is 1. The van der Waals surface area contributed by atoms with Gasteiger partial charge >= 0.3 is 6.09 Å². The molecule has 4 nitrogen and oxygen atoms in total. The van der Waals surface area contributed by atoms with Gasteiger partial charge < -0.3 is 15.0 Å². The number of carbonyl (C=O) groups is 1. The van der Waals surface area contributed by atoms with Crippen LogP contribution in [0, 0.1) is 5.82 Å². The molecule has 1 aromatic rings. The number of nitrogens with zero attached hydrogens (tertiary/aromatic N) is 1. The quantitative estimate of drug-likeness (QED) is 0.865. The summed E-state index contributed by atoms with van der Waals surface area (Å²) in [5.74, 6) is -0.257. The Labute approximate surface area is 125 Å². The lowest BCUT2D eigenvalue weighted by Crippen LogP contribution is -2.54. The molecule has 2 atom stereocenters. The maximum absolute atomic E-state index is 13.0. The summed E-state index contributed by atoms with van der Waals surface area (Å²) in [4.78, 5) is 14.0. The topological polar surface area (TPSA) is 41.6 Å². The van der Waals surface area contributed by atoms with E-state index in [1.807, 2.05) is 27.7 Å². The van der Waals surface area contributed by atoms with Gasteiger partial charge in [0.05, 0.1) is 6.04 Å². The second kappa shape index (κ2) is 6.02. The lowest BCUT2D eigenvalue weighted by molar-refractivity contribution is 0.00957. The minimum absolute atomic E-state index is 0.00526. The van der Waals surface area contributed by atoms with Crippen LogP contribution in [0.25, 0.3) is 0 Å². The van der Waals surface area contributed by atoms with E-state index >= 15 is 0 Å². The molecule has 0 aromatic heterocycles. The maximum atomic E-state index is 13.0. The SMILES string of the molecule is C[C@@H]1CN[C@@H](c2ccc(F)cc2)CN1C(=O)OC(C)(C)C. The molecule has 1 heterocycles. The van der Waals surface area contributed by atoms with E-state index in [0.717, 1.165) is 5.56 Å². The highest BCUT2D eigenvalue weighted by Gasteiger charge is 2.32. The van der Waals surface area contributed by atoms with Gasteiger partial charge in [-0.1, -0.05) is 12.1 Å². The van der Waals surface area contributed by atoms with Crippen molar-refractivity contribution in [3.05, 3.63) is 35.6 Å². The third-order valence-electron chi connectivity index (χ3n) is 3.47. The van der Waals surface area contributed by atoms with Crippen molar-refractivity contribution in [3.63, 3.8) is 0 Å². The van der Waals surface area contributed by atoms with E-state index in [-0.39, 0.29) is 24.0 Å². The molecule has 21 heavy (non-hydrogen) atoms. The molecule has 1 aliphatic rings. The molecule has 1 saturated heterocycles. The van der Waals surface area contributed by atoms with E-state index in [1.54, 1.807) is 17.0 Å². The minimum atomic E-state index is -0.507. The van der Waals surface area contributed by atoms with Crippen LogP contribution in [0.1, 0.15) is 39.3 Å². The Hall–Kier alpha value is -1.62. The van der Waals surface area contributed by atoms with Crippen molar-refractivity contribution < 1.29 is 13.9 Å². The molecule has 1 N–H and O–H groups in total. The highest BCUT2D eigenvalue weighted by Crippen LogP contribution is 2.22. The van der Waals surface area contributed by atoms with Crippen molar-refractivity contribution in [2.45, 2.75) is 45.4 Å². The lowest BCUT2D eigenvalue weighted by atomic mass is 10.0. The normalized spacial score (nSPS) is 23.0. The van der Waals surface area contributed by atoms with E-state index in [2.05, 4.69) is 5.32 Å². The Kier molecular flexibility index (Phi) is 4.52. The molecule has 0 radical (unpaired) electrons. The largest absolute Gasteiger partial charge is 0.444 e. The average Bonchev–Trinajstić information content (AvgIpc) is 2.38. The van der Waals surface area contributed by atoms with Crippen molar-refractivity contribution in [2.75, 3.05) is 13.1 Å². The number of hydrogen-bond donors (Lipinski definition) is 1. The van der Waals surface area contributed by atoms with E-state index in [4.69, 9.17) is 4.74 Å². The molecule has 116 valence electrons. The zero-order valence-corrected chi connectivity index (χ0v) is 13.0. The summed E-state index contributed by atoms with van der Waals surface area (Å²) in [6.07, 6.45) is -0.302. The fraction of sp³-hybridized carbons (Fsp3) is 0.562. The van der Waals surface area contributed by atoms with Crippen molar-refractivity contribution in [3.8, 4) is 0 Å². The van der Waals surface area contributed by atoms with Gasteiger partial charge in [0.15, 0.2) is 0 Å². The van der Waals surface area contributed by atoms with Gasteiger partial charge in [-0.2, -0.15) is 0 Å². The summed E-state index contributed by atoms with van der Waals surface area (Å²) in [5.41, 5.74) is 0.462. The first-order valence-corrected chi connectivity index (χ1v) is 7.25. The van der Waals surface area contributed by atoms with Gasteiger partial charge in [-0.25, -0.2) is 9.18 Å². The number of halogens is 1. The van der Waals surface area contributed by atoms with Crippen molar-refractivity contribution >= 4 is 6.09 Å². The van der Waals surface area contributed by atoms with Gasteiger partial charge in [0.1, 0.15) is 11.4 Å². The number of benzene rings is 1. The Balaban J connectivity index is 2.08. The lowest BCUT2D eigenvalue weighted by Gasteiger charge is -2.39. The van der Waals surface area contributed by atoms with E-state index in [9.17, 15) is 9.18 Å². The Morgan fingerprint density at radius 1 is 1.33 bits per heavy atom. The molecule has 1 aromatic carbocycles. The molecule has 1 fully saturated rings. The zero-order valence-electron chi connectivity index (χ0n) is 13.0. The Morgan fingerprint density at radius 3 is 2.52 bits per heavy atom. The average molecular weight is 294 g/mol. The summed E-state index contributed by atoms with van der Waals surface area (Å²) in [6, 6.07) is 6.43. The number of piperazine rings is 1. The maximum Gasteiger partial charge on any atom is 0.410 e. The van der Waals surface area contributed by atoms with Gasteiger partial charge in [0.2, 0.25) is 0 Å². The molecule has 1 amide bonds. The van der Waals surface area contributed by atoms with Crippen LogP contribution in [0.5, 0.6) is 0 Å². The number of nitrogens with one attached hydrogen (secondary N) is 1. The number of amides is 1. The van der Waals surface area contributed by atoms with Crippen LogP contribution in [0.4, 0.5) is 9.18 Å². The van der Waals surface area contributed by atoms with E-state index in [0.29, 0.717) is 13.1 Å². The predicted octanol–water partition coefficient (Wildman–Crippen LogP) is 3.10. The molecule has 0 spiro atoms. The summed E-state index contributed by atoms with van der Waals surface area (Å²) in [7, 11) is 0. The number of ether oxygens (including phenoxy) is 1. The van der Waals surface area contributed by atoms with Crippen molar-refractivity contribution in [2.24, 2.45) is 0 Å². The number of carbonyl (C=O) groups excluding carboxylic acids is 1. The third kappa shape index (κ3) is 4.17. The van der Waals surface area contributed by atoms with Crippen LogP contribution >= 0.6 is 0 Å². The Morgan fingerprint density at radius 2 is 1.95 bits per heavy atom. The minimum Gasteiger partial charge on any atom is -0.444 e. The molecule has 5 heteroatoms. The fourth-order valence-corrected chi connectivity index (χ4v) is 2.36. The van der Waals surface area contributed by atoms with Crippen molar-refractivity contribution in [1.82, 2.24) is 10.2 Å². The van der Waals surface area contributed by atoms with Crippen molar-refractivity contribution in [1.29, 1.82) is 0 Å². The second-order valence-corrected chi connectivity index (χ2v) is 6.49. The van der Waals surface area contributed by atoms with Gasteiger partial charge in [0, 0.05) is 19.1 Å². The first-order valence-electron chi connectivity index (χ1n) is 7.25. The van der Waals surface area contributed by atoms with Crippen LogP contribution < -0.4 is 5.32 Å². The standard InChI is InChI=1S/C16H23FN2O2/c1-11-9-18-14(12-5-7-13(17)8-6-12)10-19(11)15(20)21-16(2,3)4/h5-8,11,14,18H,9-10H2,1-4H3/t11-,14-/m1/s1. The number of hydrogen-bond acceptors (Lipinski definition) is 3. The fourth-order valence-electron chi connectivity index (χ4n) is 2.36. The molecule has 0 saturated carbocycles. The Bertz CT molecular complexity index is 496. The second-order valence-electron chi connectivity index (χ2n) is 6.49. The van der Waals surface area contributed by atoms with Crippen LogP contribution in [0.3, 0.4) is 0 Å². The van der Waals surface area contributed by atoms with Gasteiger partial charge in [0.25, 0.3) is 0 Å². The molecule has 0 unspecified atom stereocenters. The van der Waals surface area contributed by atoms with Crippen LogP contribution in [-0.4, -0.2) is 35.7 Å². The highest BCUT2D eigenvalue weighted by molar-refractivity contribution is 5.68. The molecule has 0 aliphatic carbocycles. The summed E-state index contributed by atoms with van der Waals surface area (Å²) >= 11 is 0. The van der Waals surface area contributed by atoms with Gasteiger partial charge in [-0.05, 0) is 45.4 Å². The zero-order chi connectivity index (χ0) is 15.6. The van der Waals surface area contributed by atoms with Crippen LogP contribution in [0.2, 0.25) is 0 Å². The molecule has 2 rings (SSSR count). The third-order valence-corrected chi connectivity index (χ3v) is 3.47. The smallest absolute Gasteiger partial charge is 0.410 e. The van der Waals surface area contributed by atoms with Gasteiger partial charge in [-0.15, -0.1) is 0 Å². The summed E-state index contributed by atoms with van der Waals surface area (Å²) in [6.45, 7) is 8.75. The molecular weight excluding hydrogens is 271 g/mol. The first-order chi connectivity index (χ1) is 9.76. The molecule has 1 aliphatic heterocycles. The summed E-state index contributed by atoms with van der Waals surface area (Å²) in [5, 5.41) is 3.38. The predicted molar refractivity (Wildman–Crippen MR) is 79.5 cm³/mol. The van der Waals surface area contributed by atoms with Gasteiger partial charge in [-0.3, -0.25) is 0 Å². The summed E-state index contributed by atoms with van der Waals surface area (Å²) < 4.78 is 18.5. The van der Waals surface area contributed by atoms with Crippen LogP contribution in [-0.2, 0) is 4.74 Å². The van der Waals surface area contributed by atoms with E-state index < -0.39 is 5.60 Å². The molecular formula is C16H23FN2O2. The highest BCUT2D eigenvalue weighted by atomic mass is 19.1. The first kappa shape index (κ1) is 15.8. The van der Waals surface area contributed by atoms with E-state index in [1.165, 1.54) is 12.1 Å². The molecule has 0 bridgehead atoms. The monoisotopic (exact) mass is 294 g/mol. The van der Waals surface area contributed by atoms with Crippen LogP contribution in [0.15, 0.2) is 24.3 Å².